The van der Waals surface area contributed by atoms with Crippen LogP contribution in [0.1, 0.15) is 39.5 Å². The third-order valence-corrected chi connectivity index (χ3v) is 5.55. The van der Waals surface area contributed by atoms with Gasteiger partial charge in [-0.2, -0.15) is 0 Å². The molecule has 2 fully saturated rings. The van der Waals surface area contributed by atoms with Gasteiger partial charge in [0.1, 0.15) is 5.60 Å². The molecule has 0 unspecified atom stereocenters. The maximum atomic E-state index is 6.25. The van der Waals surface area contributed by atoms with E-state index in [0.29, 0.717) is 18.0 Å². The Kier molecular flexibility index (Phi) is 3.80. The van der Waals surface area contributed by atoms with Crippen molar-refractivity contribution in [3.8, 4) is 0 Å². The van der Waals surface area contributed by atoms with E-state index in [4.69, 9.17) is 14.2 Å². The van der Waals surface area contributed by atoms with Crippen LogP contribution in [0.15, 0.2) is 12.2 Å². The van der Waals surface area contributed by atoms with Crippen molar-refractivity contribution in [3.63, 3.8) is 0 Å². The number of alkyl halides is 1. The minimum atomic E-state index is -0.158. The molecular weight excluding hydrogens is 308 g/mol. The minimum absolute atomic E-state index is 0.00564. The van der Waals surface area contributed by atoms with Gasteiger partial charge in [0.15, 0.2) is 6.29 Å². The van der Waals surface area contributed by atoms with E-state index in [9.17, 15) is 0 Å². The first-order valence-corrected chi connectivity index (χ1v) is 8.47. The highest BCUT2D eigenvalue weighted by Gasteiger charge is 2.70. The molecule has 5 atom stereocenters. The molecule has 1 heterocycles. The molecule has 3 nitrogen and oxygen atoms in total. The third kappa shape index (κ3) is 2.11. The van der Waals surface area contributed by atoms with Crippen molar-refractivity contribution in [1.29, 1.82) is 0 Å². The van der Waals surface area contributed by atoms with Gasteiger partial charge in [-0.05, 0) is 32.6 Å². The Morgan fingerprint density at radius 3 is 3.11 bits per heavy atom. The van der Waals surface area contributed by atoms with E-state index >= 15 is 0 Å². The Balaban J connectivity index is 1.77. The first kappa shape index (κ1) is 14.1. The van der Waals surface area contributed by atoms with Crippen LogP contribution >= 0.6 is 15.9 Å². The fourth-order valence-corrected chi connectivity index (χ4v) is 4.27. The Hall–Kier alpha value is 0.100. The van der Waals surface area contributed by atoms with Crippen LogP contribution in [0.4, 0.5) is 0 Å². The molecule has 0 aromatic heterocycles. The van der Waals surface area contributed by atoms with Gasteiger partial charge in [0.25, 0.3) is 0 Å². The average Bonchev–Trinajstić information content (AvgIpc) is 3.12. The highest BCUT2D eigenvalue weighted by atomic mass is 79.9. The summed E-state index contributed by atoms with van der Waals surface area (Å²) in [7, 11) is 0. The summed E-state index contributed by atoms with van der Waals surface area (Å²) >= 11 is 3.47. The Bertz CT molecular complexity index is 372. The van der Waals surface area contributed by atoms with Crippen molar-refractivity contribution in [1.82, 2.24) is 0 Å². The molecule has 19 heavy (non-hydrogen) atoms. The van der Waals surface area contributed by atoms with Crippen molar-refractivity contribution >= 4 is 15.9 Å². The molecule has 1 saturated heterocycles. The van der Waals surface area contributed by atoms with Crippen LogP contribution in [-0.4, -0.2) is 36.0 Å². The zero-order chi connectivity index (χ0) is 13.5. The standard InChI is InChI=1S/C15H23BrO3/c1-3-17-13(10-16)18-11-6-5-9-15-12(19-15)7-4-8-14(11,15)2/h4,8,11-13H,3,5-7,9-10H2,1-2H3/t11-,12-,13-,14-,15-/m1/s1. The van der Waals surface area contributed by atoms with Crippen molar-refractivity contribution in [2.45, 2.75) is 63.6 Å². The number of hydrogen-bond acceptors (Lipinski definition) is 3. The zero-order valence-corrected chi connectivity index (χ0v) is 13.3. The van der Waals surface area contributed by atoms with Gasteiger partial charge in [-0.15, -0.1) is 0 Å². The molecule has 0 bridgehead atoms. The normalized spacial score (nSPS) is 45.4. The van der Waals surface area contributed by atoms with Gasteiger partial charge in [0.05, 0.1) is 17.5 Å². The van der Waals surface area contributed by atoms with E-state index in [1.54, 1.807) is 0 Å². The minimum Gasteiger partial charge on any atom is -0.365 e. The highest BCUT2D eigenvalue weighted by Crippen LogP contribution is 2.63. The topological polar surface area (TPSA) is 31.0 Å². The summed E-state index contributed by atoms with van der Waals surface area (Å²) in [6.45, 7) is 4.98. The molecule has 0 aromatic carbocycles. The van der Waals surface area contributed by atoms with Gasteiger partial charge >= 0.3 is 0 Å². The van der Waals surface area contributed by atoms with E-state index in [1.807, 2.05) is 6.92 Å². The summed E-state index contributed by atoms with van der Waals surface area (Å²) in [4.78, 5) is 0. The van der Waals surface area contributed by atoms with Crippen molar-refractivity contribution in [2.24, 2.45) is 5.41 Å². The molecule has 0 N–H and O–H groups in total. The summed E-state index contributed by atoms with van der Waals surface area (Å²) in [5.41, 5.74) is 0.0550. The predicted octanol–water partition coefficient (Wildman–Crippen LogP) is 3.42. The van der Waals surface area contributed by atoms with Crippen LogP contribution in [0.2, 0.25) is 0 Å². The molecule has 0 amide bonds. The van der Waals surface area contributed by atoms with Gasteiger partial charge < -0.3 is 14.2 Å². The molecule has 0 radical (unpaired) electrons. The van der Waals surface area contributed by atoms with Crippen LogP contribution < -0.4 is 0 Å². The fraction of sp³-hybridized carbons (Fsp3) is 0.867. The molecule has 0 aromatic rings. The lowest BCUT2D eigenvalue weighted by atomic mass is 9.61. The molecule has 4 heteroatoms. The van der Waals surface area contributed by atoms with Crippen LogP contribution in [0.5, 0.6) is 0 Å². The van der Waals surface area contributed by atoms with Crippen molar-refractivity contribution in [2.75, 3.05) is 11.9 Å². The predicted molar refractivity (Wildman–Crippen MR) is 77.4 cm³/mol. The van der Waals surface area contributed by atoms with Gasteiger partial charge in [-0.3, -0.25) is 0 Å². The molecule has 1 spiro atoms. The van der Waals surface area contributed by atoms with Gasteiger partial charge in [0, 0.05) is 12.0 Å². The van der Waals surface area contributed by atoms with E-state index in [0.717, 1.165) is 12.8 Å². The lowest BCUT2D eigenvalue weighted by Crippen LogP contribution is -2.52. The van der Waals surface area contributed by atoms with Gasteiger partial charge in [-0.25, -0.2) is 0 Å². The molecule has 1 aliphatic heterocycles. The molecule has 2 aliphatic carbocycles. The number of epoxide rings is 1. The number of halogens is 1. The van der Waals surface area contributed by atoms with Crippen LogP contribution in [0, 0.1) is 5.41 Å². The lowest BCUT2D eigenvalue weighted by molar-refractivity contribution is -0.193. The Morgan fingerprint density at radius 1 is 1.53 bits per heavy atom. The fourth-order valence-electron chi connectivity index (χ4n) is 3.93. The van der Waals surface area contributed by atoms with E-state index < -0.39 is 0 Å². The molecule has 3 aliphatic rings. The highest BCUT2D eigenvalue weighted by molar-refractivity contribution is 9.09. The Labute approximate surface area is 123 Å². The summed E-state index contributed by atoms with van der Waals surface area (Å²) in [6, 6.07) is 0. The maximum absolute atomic E-state index is 6.25. The van der Waals surface area contributed by atoms with Gasteiger partial charge in [0.2, 0.25) is 0 Å². The van der Waals surface area contributed by atoms with Crippen molar-refractivity contribution in [3.05, 3.63) is 12.2 Å². The first-order chi connectivity index (χ1) is 9.16. The van der Waals surface area contributed by atoms with Crippen LogP contribution in [0.25, 0.3) is 0 Å². The largest absolute Gasteiger partial charge is 0.365 e. The molecule has 108 valence electrons. The molecule has 1 saturated carbocycles. The second kappa shape index (κ2) is 5.14. The SMILES string of the molecule is CCO[C@@H](CBr)O[C@@H]1CCC[C@@]23O[C@@H]2CC=C[C@]13C. The zero-order valence-electron chi connectivity index (χ0n) is 11.7. The number of hydrogen-bond donors (Lipinski definition) is 0. The smallest absolute Gasteiger partial charge is 0.167 e. The number of ether oxygens (including phenoxy) is 3. The van der Waals surface area contributed by atoms with Gasteiger partial charge in [-0.1, -0.05) is 35.0 Å². The van der Waals surface area contributed by atoms with Crippen LogP contribution in [0.3, 0.4) is 0 Å². The first-order valence-electron chi connectivity index (χ1n) is 7.35. The summed E-state index contributed by atoms with van der Waals surface area (Å²) in [5, 5.41) is 0.717. The third-order valence-electron chi connectivity index (χ3n) is 5.02. The Morgan fingerprint density at radius 2 is 2.37 bits per heavy atom. The second-order valence-corrected chi connectivity index (χ2v) is 6.62. The van der Waals surface area contributed by atoms with E-state index in [2.05, 4.69) is 35.0 Å². The number of rotatable bonds is 5. The monoisotopic (exact) mass is 330 g/mol. The molecule has 3 rings (SSSR count). The maximum Gasteiger partial charge on any atom is 0.167 e. The molecular formula is C15H23BrO3. The van der Waals surface area contributed by atoms with Crippen molar-refractivity contribution < 1.29 is 14.2 Å². The average molecular weight is 331 g/mol. The summed E-state index contributed by atoms with van der Waals surface area (Å²) in [6.07, 6.45) is 9.57. The van der Waals surface area contributed by atoms with E-state index in [1.165, 1.54) is 12.8 Å². The summed E-state index contributed by atoms with van der Waals surface area (Å²) < 4.78 is 18.0. The summed E-state index contributed by atoms with van der Waals surface area (Å²) in [5.74, 6) is 0. The quantitative estimate of drug-likeness (QED) is 0.335. The second-order valence-electron chi connectivity index (χ2n) is 5.97. The lowest BCUT2D eigenvalue weighted by Gasteiger charge is -2.46. The van der Waals surface area contributed by atoms with Crippen LogP contribution in [-0.2, 0) is 14.2 Å². The van der Waals surface area contributed by atoms with E-state index in [-0.39, 0.29) is 23.4 Å².